The number of amides is 2. The van der Waals surface area contributed by atoms with Gasteiger partial charge < -0.3 is 10.4 Å². The van der Waals surface area contributed by atoms with E-state index in [0.717, 1.165) is 0 Å². The summed E-state index contributed by atoms with van der Waals surface area (Å²) in [6.07, 6.45) is 0.454. The molecule has 3 rings (SSSR count). The Kier molecular flexibility index (Phi) is 3.97. The van der Waals surface area contributed by atoms with Gasteiger partial charge in [0.25, 0.3) is 0 Å². The quantitative estimate of drug-likeness (QED) is 0.742. The molecule has 0 fully saturated rings. The maximum Gasteiger partial charge on any atom is 0.339 e. The number of anilines is 1. The summed E-state index contributed by atoms with van der Waals surface area (Å²) in [5.74, 6) is -0.506. The van der Waals surface area contributed by atoms with E-state index in [-0.39, 0.29) is 17.5 Å². The van der Waals surface area contributed by atoms with Crippen molar-refractivity contribution in [2.75, 3.05) is 5.32 Å². The summed E-state index contributed by atoms with van der Waals surface area (Å²) in [5, 5.41) is 16.6. The van der Waals surface area contributed by atoms with Crippen molar-refractivity contribution in [3.8, 4) is 5.75 Å². The zero-order chi connectivity index (χ0) is 16.4. The van der Waals surface area contributed by atoms with E-state index in [2.05, 4.69) is 15.8 Å². The lowest BCUT2D eigenvalue weighted by Gasteiger charge is -2.07. The number of aromatic hydroxyl groups is 1. The Bertz CT molecular complexity index is 775. The van der Waals surface area contributed by atoms with Gasteiger partial charge in [0, 0.05) is 16.8 Å². The number of hydrazone groups is 1. The minimum absolute atomic E-state index is 0.0326. The van der Waals surface area contributed by atoms with Gasteiger partial charge in [-0.25, -0.2) is 14.6 Å². The molecule has 1 atom stereocenters. The minimum atomic E-state index is -0.499. The van der Waals surface area contributed by atoms with Crippen LogP contribution in [0, 0.1) is 5.82 Å². The number of hydrogen-bond acceptors (Lipinski definition) is 3. The van der Waals surface area contributed by atoms with Crippen molar-refractivity contribution < 1.29 is 14.3 Å². The predicted octanol–water partition coefficient (Wildman–Crippen LogP) is 3.56. The number of carbonyl (C=O) groups is 1. The van der Waals surface area contributed by atoms with Gasteiger partial charge in [-0.05, 0) is 36.6 Å². The molecule has 0 bridgehead atoms. The molecule has 0 aromatic heterocycles. The Morgan fingerprint density at radius 1 is 1.26 bits per heavy atom. The lowest BCUT2D eigenvalue weighted by atomic mass is 10.0. The van der Waals surface area contributed by atoms with Gasteiger partial charge in [-0.15, -0.1) is 0 Å². The van der Waals surface area contributed by atoms with Crippen LogP contribution >= 0.6 is 0 Å². The Morgan fingerprint density at radius 3 is 2.74 bits per heavy atom. The third-order valence-electron chi connectivity index (χ3n) is 3.78. The molecule has 6 heteroatoms. The van der Waals surface area contributed by atoms with E-state index in [4.69, 9.17) is 0 Å². The van der Waals surface area contributed by atoms with Gasteiger partial charge in [-0.2, -0.15) is 5.10 Å². The van der Waals surface area contributed by atoms with E-state index in [1.807, 2.05) is 13.0 Å². The number of phenolic OH excluding ortho intramolecular Hbond substituents is 1. The molecule has 23 heavy (non-hydrogen) atoms. The van der Waals surface area contributed by atoms with Crippen LogP contribution in [0.1, 0.15) is 30.4 Å². The number of phenols is 1. The largest absolute Gasteiger partial charge is 0.507 e. The molecule has 0 saturated carbocycles. The molecular formula is C17H16FN3O2. The molecule has 0 unspecified atom stereocenters. The smallest absolute Gasteiger partial charge is 0.339 e. The molecule has 1 aliphatic carbocycles. The van der Waals surface area contributed by atoms with Crippen molar-refractivity contribution in [2.45, 2.75) is 19.3 Å². The first kappa shape index (κ1) is 15.0. The topological polar surface area (TPSA) is 73.7 Å². The van der Waals surface area contributed by atoms with E-state index >= 15 is 0 Å². The Labute approximate surface area is 132 Å². The van der Waals surface area contributed by atoms with Gasteiger partial charge in [-0.3, -0.25) is 0 Å². The Balaban J connectivity index is 1.78. The SMILES string of the molecule is C[C@@H]1C/C(=N\NC(=O)Nc2ccccc2)c2c(O)ccc(F)c21. The molecule has 118 valence electrons. The summed E-state index contributed by atoms with van der Waals surface area (Å²) in [5.41, 5.74) is 4.30. The summed E-state index contributed by atoms with van der Waals surface area (Å²) >= 11 is 0. The first-order chi connectivity index (χ1) is 11.1. The fourth-order valence-electron chi connectivity index (χ4n) is 2.76. The Hall–Kier alpha value is -2.89. The average Bonchev–Trinajstić information content (AvgIpc) is 2.88. The number of rotatable bonds is 2. The van der Waals surface area contributed by atoms with Crippen molar-refractivity contribution in [3.63, 3.8) is 0 Å². The van der Waals surface area contributed by atoms with E-state index in [1.54, 1.807) is 24.3 Å². The van der Waals surface area contributed by atoms with Gasteiger partial charge in [-0.1, -0.05) is 25.1 Å². The van der Waals surface area contributed by atoms with Crippen LogP contribution in [0.4, 0.5) is 14.9 Å². The number of fused-ring (bicyclic) bond motifs is 1. The highest BCUT2D eigenvalue weighted by atomic mass is 19.1. The average molecular weight is 313 g/mol. The monoisotopic (exact) mass is 313 g/mol. The van der Waals surface area contributed by atoms with Gasteiger partial charge >= 0.3 is 6.03 Å². The highest BCUT2D eigenvalue weighted by Gasteiger charge is 2.30. The molecule has 5 nitrogen and oxygen atoms in total. The van der Waals surface area contributed by atoms with Crippen molar-refractivity contribution in [2.24, 2.45) is 5.10 Å². The lowest BCUT2D eigenvalue weighted by molar-refractivity contribution is 0.252. The van der Waals surface area contributed by atoms with Crippen LogP contribution in [0.5, 0.6) is 5.75 Å². The molecule has 2 amide bonds. The first-order valence-corrected chi connectivity index (χ1v) is 7.26. The van der Waals surface area contributed by atoms with E-state index in [0.29, 0.717) is 28.9 Å². The van der Waals surface area contributed by atoms with Crippen LogP contribution in [0.3, 0.4) is 0 Å². The van der Waals surface area contributed by atoms with Crippen molar-refractivity contribution in [1.82, 2.24) is 5.43 Å². The van der Waals surface area contributed by atoms with Crippen LogP contribution in [0.15, 0.2) is 47.6 Å². The summed E-state index contributed by atoms with van der Waals surface area (Å²) < 4.78 is 13.9. The highest BCUT2D eigenvalue weighted by molar-refractivity contribution is 6.08. The highest BCUT2D eigenvalue weighted by Crippen LogP contribution is 2.39. The van der Waals surface area contributed by atoms with Gasteiger partial charge in [0.15, 0.2) is 0 Å². The van der Waals surface area contributed by atoms with Gasteiger partial charge in [0.2, 0.25) is 0 Å². The fraction of sp³-hybridized carbons (Fsp3) is 0.176. The molecule has 0 heterocycles. The second-order valence-electron chi connectivity index (χ2n) is 5.45. The molecule has 2 aromatic carbocycles. The lowest BCUT2D eigenvalue weighted by Crippen LogP contribution is -2.25. The van der Waals surface area contributed by atoms with Gasteiger partial charge in [0.1, 0.15) is 11.6 Å². The summed E-state index contributed by atoms with van der Waals surface area (Å²) in [4.78, 5) is 11.8. The molecule has 0 radical (unpaired) electrons. The zero-order valence-corrected chi connectivity index (χ0v) is 12.5. The maximum absolute atomic E-state index is 13.9. The first-order valence-electron chi connectivity index (χ1n) is 7.26. The van der Waals surface area contributed by atoms with Crippen LogP contribution < -0.4 is 10.7 Å². The maximum atomic E-state index is 13.9. The third kappa shape index (κ3) is 3.01. The van der Waals surface area contributed by atoms with Crippen LogP contribution in [0.25, 0.3) is 0 Å². The number of urea groups is 1. The number of benzene rings is 2. The summed E-state index contributed by atoms with van der Waals surface area (Å²) in [6, 6.07) is 11.0. The van der Waals surface area contributed by atoms with Crippen LogP contribution in [0.2, 0.25) is 0 Å². The van der Waals surface area contributed by atoms with E-state index < -0.39 is 6.03 Å². The summed E-state index contributed by atoms with van der Waals surface area (Å²) in [6.45, 7) is 1.86. The van der Waals surface area contributed by atoms with Crippen molar-refractivity contribution in [1.29, 1.82) is 0 Å². The van der Waals surface area contributed by atoms with Crippen LogP contribution in [-0.2, 0) is 0 Å². The van der Waals surface area contributed by atoms with E-state index in [9.17, 15) is 14.3 Å². The molecule has 0 saturated heterocycles. The van der Waals surface area contributed by atoms with Crippen molar-refractivity contribution in [3.05, 3.63) is 59.4 Å². The molecule has 2 aromatic rings. The van der Waals surface area contributed by atoms with Gasteiger partial charge in [0.05, 0.1) is 5.71 Å². The predicted molar refractivity (Wildman–Crippen MR) is 86.2 cm³/mol. The number of hydrogen-bond donors (Lipinski definition) is 3. The zero-order valence-electron chi connectivity index (χ0n) is 12.5. The second kappa shape index (κ2) is 6.08. The minimum Gasteiger partial charge on any atom is -0.507 e. The summed E-state index contributed by atoms with van der Waals surface area (Å²) in [7, 11) is 0. The molecule has 0 aliphatic heterocycles. The number of nitrogens with zero attached hydrogens (tertiary/aromatic N) is 1. The molecule has 1 aliphatic rings. The Morgan fingerprint density at radius 2 is 2.00 bits per heavy atom. The van der Waals surface area contributed by atoms with E-state index in [1.165, 1.54) is 12.1 Å². The second-order valence-corrected chi connectivity index (χ2v) is 5.45. The van der Waals surface area contributed by atoms with Crippen molar-refractivity contribution >= 4 is 17.4 Å². The number of nitrogens with one attached hydrogen (secondary N) is 2. The third-order valence-corrected chi connectivity index (χ3v) is 3.78. The number of halogens is 1. The fourth-order valence-corrected chi connectivity index (χ4v) is 2.76. The standard InChI is InChI=1S/C17H16FN3O2/c1-10-9-13(16-14(22)8-7-12(18)15(10)16)20-21-17(23)19-11-5-3-2-4-6-11/h2-8,10,22H,9H2,1H3,(H2,19,21,23)/b20-13+/t10-/m1/s1. The molecule has 0 spiro atoms. The molecule has 3 N–H and O–H groups in total. The number of para-hydroxylation sites is 1. The normalized spacial score (nSPS) is 17.8. The van der Waals surface area contributed by atoms with Crippen LogP contribution in [-0.4, -0.2) is 16.8 Å². The number of carbonyl (C=O) groups excluding carboxylic acids is 1. The molecular weight excluding hydrogens is 297 g/mol.